The van der Waals surface area contributed by atoms with Gasteiger partial charge >= 0.3 is 0 Å². The quantitative estimate of drug-likeness (QED) is 0.688. The van der Waals surface area contributed by atoms with Gasteiger partial charge in [-0.25, -0.2) is 0 Å². The molecule has 0 bridgehead atoms. The molecule has 142 valence electrons. The van der Waals surface area contributed by atoms with Crippen molar-refractivity contribution in [3.63, 3.8) is 0 Å². The summed E-state index contributed by atoms with van der Waals surface area (Å²) in [4.78, 5) is 15.9. The summed E-state index contributed by atoms with van der Waals surface area (Å²) in [6, 6.07) is 0. The van der Waals surface area contributed by atoms with Gasteiger partial charge < -0.3 is 9.64 Å². The Morgan fingerprint density at radius 3 is 2.28 bits per heavy atom. The third kappa shape index (κ3) is 3.66. The van der Waals surface area contributed by atoms with Crippen molar-refractivity contribution >= 4 is 5.91 Å². The van der Waals surface area contributed by atoms with Crippen LogP contribution in [0.25, 0.3) is 0 Å². The Bertz CT molecular complexity index is 555. The molecule has 1 aliphatic heterocycles. The van der Waals surface area contributed by atoms with Gasteiger partial charge in [0.1, 0.15) is 0 Å². The highest BCUT2D eigenvalue weighted by Crippen LogP contribution is 2.44. The fourth-order valence-electron chi connectivity index (χ4n) is 5.08. The van der Waals surface area contributed by atoms with Crippen LogP contribution in [0.1, 0.15) is 74.1 Å². The largest absolute Gasteiger partial charge is 0.501 e. The number of allylic oxidation sites excluding steroid dienone is 3. The predicted octanol–water partition coefficient (Wildman–Crippen LogP) is 5.32. The van der Waals surface area contributed by atoms with Gasteiger partial charge in [-0.2, -0.15) is 0 Å². The van der Waals surface area contributed by atoms with Crippen LogP contribution in [0.4, 0.5) is 0 Å². The van der Waals surface area contributed by atoms with E-state index < -0.39 is 0 Å². The van der Waals surface area contributed by atoms with Gasteiger partial charge in [0.2, 0.25) is 0 Å². The van der Waals surface area contributed by atoms with Gasteiger partial charge in [-0.3, -0.25) is 4.79 Å². The molecular formula is C22H37NO2. The van der Waals surface area contributed by atoms with Crippen LogP contribution in [0.2, 0.25) is 0 Å². The monoisotopic (exact) mass is 347 g/mol. The second-order valence-electron chi connectivity index (χ2n) is 9.21. The number of piperidine rings is 1. The molecule has 3 nitrogen and oxygen atoms in total. The molecule has 1 aliphatic carbocycles. The Hall–Kier alpha value is -1.25. The van der Waals surface area contributed by atoms with Crippen molar-refractivity contribution < 1.29 is 9.53 Å². The molecule has 0 radical (unpaired) electrons. The first-order chi connectivity index (χ1) is 11.6. The van der Waals surface area contributed by atoms with Crippen LogP contribution in [0.3, 0.4) is 0 Å². The lowest BCUT2D eigenvalue weighted by atomic mass is 9.71. The molecule has 0 aromatic carbocycles. The SMILES string of the molecule is CCC(C)[C@@H]1C(C(=O)N2C(C)(C)CCCC2(C)C)=CC=C(OC)[C@H]1C. The van der Waals surface area contributed by atoms with Crippen molar-refractivity contribution in [2.75, 3.05) is 7.11 Å². The molecule has 25 heavy (non-hydrogen) atoms. The van der Waals surface area contributed by atoms with Gasteiger partial charge in [-0.15, -0.1) is 0 Å². The number of rotatable bonds is 4. The molecule has 3 heteroatoms. The molecule has 1 heterocycles. The average Bonchev–Trinajstić information content (AvgIpc) is 2.51. The molecule has 3 atom stereocenters. The smallest absolute Gasteiger partial charge is 0.250 e. The molecule has 2 aliphatic rings. The highest BCUT2D eigenvalue weighted by atomic mass is 16.5. The van der Waals surface area contributed by atoms with E-state index in [-0.39, 0.29) is 28.8 Å². The van der Waals surface area contributed by atoms with Crippen molar-refractivity contribution in [2.24, 2.45) is 17.8 Å². The first-order valence-corrected chi connectivity index (χ1v) is 9.87. The van der Waals surface area contributed by atoms with Crippen LogP contribution in [0.5, 0.6) is 0 Å². The summed E-state index contributed by atoms with van der Waals surface area (Å²) in [6.45, 7) is 15.5. The lowest BCUT2D eigenvalue weighted by molar-refractivity contribution is -0.145. The Kier molecular flexibility index (Phi) is 5.75. The summed E-state index contributed by atoms with van der Waals surface area (Å²) in [6.07, 6.45) is 8.40. The van der Waals surface area contributed by atoms with Gasteiger partial charge in [-0.05, 0) is 65.0 Å². The fraction of sp³-hybridized carbons (Fsp3) is 0.773. The summed E-state index contributed by atoms with van der Waals surface area (Å²) in [5.41, 5.74) is 0.758. The van der Waals surface area contributed by atoms with Crippen LogP contribution in [-0.2, 0) is 9.53 Å². The van der Waals surface area contributed by atoms with Crippen molar-refractivity contribution in [3.8, 4) is 0 Å². The Balaban J connectivity index is 2.47. The molecule has 0 spiro atoms. The van der Waals surface area contributed by atoms with Gasteiger partial charge in [0.15, 0.2) is 0 Å². The molecule has 0 N–H and O–H groups in total. The number of hydrogen-bond acceptors (Lipinski definition) is 2. The minimum atomic E-state index is -0.103. The summed E-state index contributed by atoms with van der Waals surface area (Å²) in [7, 11) is 1.73. The van der Waals surface area contributed by atoms with Crippen LogP contribution in [0, 0.1) is 17.8 Å². The highest BCUT2D eigenvalue weighted by Gasteiger charge is 2.47. The number of carbonyl (C=O) groups excluding carboxylic acids is 1. The molecule has 1 amide bonds. The molecule has 1 saturated heterocycles. The maximum atomic E-state index is 13.7. The molecule has 1 fully saturated rings. The maximum absolute atomic E-state index is 13.7. The van der Waals surface area contributed by atoms with Crippen LogP contribution >= 0.6 is 0 Å². The van der Waals surface area contributed by atoms with Gasteiger partial charge in [0.25, 0.3) is 5.91 Å². The maximum Gasteiger partial charge on any atom is 0.250 e. The Labute approximate surface area is 154 Å². The van der Waals surface area contributed by atoms with Crippen molar-refractivity contribution in [2.45, 2.75) is 85.2 Å². The molecule has 0 saturated carbocycles. The lowest BCUT2D eigenvalue weighted by Gasteiger charge is -2.54. The molecule has 0 aromatic rings. The number of carbonyl (C=O) groups is 1. The van der Waals surface area contributed by atoms with Crippen molar-refractivity contribution in [1.82, 2.24) is 4.90 Å². The Morgan fingerprint density at radius 2 is 1.80 bits per heavy atom. The summed E-state index contributed by atoms with van der Waals surface area (Å²) < 4.78 is 5.58. The third-order valence-corrected chi connectivity index (χ3v) is 6.50. The number of likely N-dealkylation sites (tertiary alicyclic amines) is 1. The van der Waals surface area contributed by atoms with Crippen LogP contribution in [-0.4, -0.2) is 29.0 Å². The predicted molar refractivity (Wildman–Crippen MR) is 104 cm³/mol. The second kappa shape index (κ2) is 7.17. The first kappa shape index (κ1) is 20.1. The second-order valence-corrected chi connectivity index (χ2v) is 9.21. The van der Waals surface area contributed by atoms with E-state index in [1.807, 2.05) is 12.2 Å². The molecule has 1 unspecified atom stereocenters. The van der Waals surface area contributed by atoms with Crippen molar-refractivity contribution in [1.29, 1.82) is 0 Å². The molecular weight excluding hydrogens is 310 g/mol. The standard InChI is InChI=1S/C22H37NO2/c1-9-15(2)19-16(3)18(25-8)12-11-17(19)20(24)23-21(4,5)13-10-14-22(23,6)7/h11-12,15-16,19H,9-10,13-14H2,1-8H3/t15?,16-,19+/m1/s1. The van der Waals surface area contributed by atoms with Crippen molar-refractivity contribution in [3.05, 3.63) is 23.5 Å². The van der Waals surface area contributed by atoms with Gasteiger partial charge in [0, 0.05) is 28.5 Å². The number of amides is 1. The first-order valence-electron chi connectivity index (χ1n) is 9.87. The minimum absolute atomic E-state index is 0.103. The Morgan fingerprint density at radius 1 is 1.24 bits per heavy atom. The van der Waals surface area contributed by atoms with E-state index in [1.165, 1.54) is 6.42 Å². The molecule has 0 aromatic heterocycles. The van der Waals surface area contributed by atoms with Gasteiger partial charge in [-0.1, -0.05) is 27.2 Å². The van der Waals surface area contributed by atoms with E-state index >= 15 is 0 Å². The highest BCUT2D eigenvalue weighted by molar-refractivity contribution is 5.96. The van der Waals surface area contributed by atoms with E-state index in [1.54, 1.807) is 7.11 Å². The molecule has 2 rings (SSSR count). The van der Waals surface area contributed by atoms with E-state index in [2.05, 4.69) is 53.4 Å². The van der Waals surface area contributed by atoms with E-state index in [0.717, 1.165) is 30.6 Å². The zero-order valence-electron chi connectivity index (χ0n) is 17.5. The van der Waals surface area contributed by atoms with E-state index in [9.17, 15) is 4.79 Å². The van der Waals surface area contributed by atoms with Gasteiger partial charge in [0.05, 0.1) is 12.9 Å². The summed E-state index contributed by atoms with van der Waals surface area (Å²) in [5.74, 6) is 2.10. The average molecular weight is 348 g/mol. The lowest BCUT2D eigenvalue weighted by Crippen LogP contribution is -2.61. The normalized spacial score (nSPS) is 29.5. The number of methoxy groups -OCH3 is 1. The zero-order chi connectivity index (χ0) is 19.0. The minimum Gasteiger partial charge on any atom is -0.501 e. The summed E-state index contributed by atoms with van der Waals surface area (Å²) >= 11 is 0. The van der Waals surface area contributed by atoms with Crippen LogP contribution < -0.4 is 0 Å². The summed E-state index contributed by atoms with van der Waals surface area (Å²) in [5, 5.41) is 0. The third-order valence-electron chi connectivity index (χ3n) is 6.50. The number of ether oxygens (including phenoxy) is 1. The number of nitrogens with zero attached hydrogens (tertiary/aromatic N) is 1. The fourth-order valence-corrected chi connectivity index (χ4v) is 5.08. The van der Waals surface area contributed by atoms with E-state index in [0.29, 0.717) is 5.92 Å². The van der Waals surface area contributed by atoms with E-state index in [4.69, 9.17) is 4.74 Å². The topological polar surface area (TPSA) is 29.5 Å². The number of hydrogen-bond donors (Lipinski definition) is 0. The zero-order valence-corrected chi connectivity index (χ0v) is 17.5. The van der Waals surface area contributed by atoms with Crippen LogP contribution in [0.15, 0.2) is 23.5 Å².